The van der Waals surface area contributed by atoms with Gasteiger partial charge in [-0.1, -0.05) is 18.2 Å². The van der Waals surface area contributed by atoms with Crippen molar-refractivity contribution in [3.63, 3.8) is 0 Å². The van der Waals surface area contributed by atoms with Gasteiger partial charge in [0.05, 0.1) is 11.8 Å². The highest BCUT2D eigenvalue weighted by atomic mass is 32.3. The van der Waals surface area contributed by atoms with E-state index in [2.05, 4.69) is 0 Å². The first-order chi connectivity index (χ1) is 8.71. The number of anilines is 1. The van der Waals surface area contributed by atoms with Gasteiger partial charge in [0.15, 0.2) is 14.9 Å². The molecule has 1 unspecified atom stereocenters. The monoisotopic (exact) mass is 305 g/mol. The molecule has 2 rings (SSSR count). The van der Waals surface area contributed by atoms with Crippen molar-refractivity contribution in [2.24, 2.45) is 0 Å². The SMILES string of the molecule is CS(=O)(=O)CS(=O)(=O)N1CCC(O)c2ccccc21. The topological polar surface area (TPSA) is 91.8 Å². The van der Waals surface area contributed by atoms with E-state index < -0.39 is 31.0 Å². The van der Waals surface area contributed by atoms with Crippen molar-refractivity contribution in [3.05, 3.63) is 29.8 Å². The fourth-order valence-electron chi connectivity index (χ4n) is 2.14. The third-order valence-electron chi connectivity index (χ3n) is 2.87. The zero-order chi connectivity index (χ0) is 14.3. The van der Waals surface area contributed by atoms with Crippen LogP contribution >= 0.6 is 0 Å². The minimum Gasteiger partial charge on any atom is -0.388 e. The van der Waals surface area contributed by atoms with Crippen LogP contribution in [0.3, 0.4) is 0 Å². The fraction of sp³-hybridized carbons (Fsp3) is 0.455. The molecular formula is C11H15NO5S2. The Morgan fingerprint density at radius 3 is 2.53 bits per heavy atom. The van der Waals surface area contributed by atoms with Gasteiger partial charge in [-0.3, -0.25) is 4.31 Å². The van der Waals surface area contributed by atoms with Crippen LogP contribution in [0.2, 0.25) is 0 Å². The molecule has 0 bridgehead atoms. The summed E-state index contributed by atoms with van der Waals surface area (Å²) in [5.41, 5.74) is 0.857. The molecule has 1 heterocycles. The second kappa shape index (κ2) is 4.77. The van der Waals surface area contributed by atoms with Gasteiger partial charge in [-0.05, 0) is 12.5 Å². The second-order valence-corrected chi connectivity index (χ2v) is 8.99. The Kier molecular flexibility index (Phi) is 3.59. The first kappa shape index (κ1) is 14.3. The van der Waals surface area contributed by atoms with E-state index in [1.54, 1.807) is 24.3 Å². The third kappa shape index (κ3) is 3.07. The lowest BCUT2D eigenvalue weighted by Gasteiger charge is -2.32. The van der Waals surface area contributed by atoms with Gasteiger partial charge in [0.2, 0.25) is 10.0 Å². The molecule has 6 nitrogen and oxygen atoms in total. The van der Waals surface area contributed by atoms with Crippen molar-refractivity contribution < 1.29 is 21.9 Å². The minimum absolute atomic E-state index is 0.0794. The van der Waals surface area contributed by atoms with Crippen LogP contribution in [0.25, 0.3) is 0 Å². The van der Waals surface area contributed by atoms with E-state index >= 15 is 0 Å². The van der Waals surface area contributed by atoms with Crippen molar-refractivity contribution in [2.45, 2.75) is 12.5 Å². The highest BCUT2D eigenvalue weighted by Crippen LogP contribution is 2.35. The van der Waals surface area contributed by atoms with Crippen LogP contribution in [0.5, 0.6) is 0 Å². The Hall–Kier alpha value is -1.12. The van der Waals surface area contributed by atoms with Crippen LogP contribution in [-0.2, 0) is 19.9 Å². The molecule has 8 heteroatoms. The van der Waals surface area contributed by atoms with Gasteiger partial charge in [0.1, 0.15) is 0 Å². The number of hydrogen-bond acceptors (Lipinski definition) is 5. The largest absolute Gasteiger partial charge is 0.388 e. The van der Waals surface area contributed by atoms with Crippen LogP contribution in [0.1, 0.15) is 18.1 Å². The van der Waals surface area contributed by atoms with Gasteiger partial charge < -0.3 is 5.11 Å². The van der Waals surface area contributed by atoms with Crippen LogP contribution in [-0.4, -0.2) is 39.8 Å². The maximum Gasteiger partial charge on any atom is 0.249 e. The predicted molar refractivity (Wildman–Crippen MR) is 72.0 cm³/mol. The standard InChI is InChI=1S/C11H15NO5S2/c1-18(14,15)8-19(16,17)12-7-6-11(13)9-4-2-3-5-10(9)12/h2-5,11,13H,6-8H2,1H3. The number of aliphatic hydroxyl groups excluding tert-OH is 1. The summed E-state index contributed by atoms with van der Waals surface area (Å²) in [4.78, 5) is 0. The van der Waals surface area contributed by atoms with E-state index in [0.717, 1.165) is 10.6 Å². The number of hydrogen-bond donors (Lipinski definition) is 1. The fourth-order valence-corrected chi connectivity index (χ4v) is 5.66. The molecule has 0 aliphatic carbocycles. The summed E-state index contributed by atoms with van der Waals surface area (Å²) in [6.07, 6.45) is 0.413. The maximum atomic E-state index is 12.1. The van der Waals surface area contributed by atoms with Gasteiger partial charge in [-0.25, -0.2) is 16.8 Å². The van der Waals surface area contributed by atoms with Crippen molar-refractivity contribution in [3.8, 4) is 0 Å². The molecule has 0 saturated carbocycles. The number of aliphatic hydroxyl groups is 1. The quantitative estimate of drug-likeness (QED) is 0.865. The first-order valence-electron chi connectivity index (χ1n) is 5.66. The highest BCUT2D eigenvalue weighted by molar-refractivity contribution is 8.08. The van der Waals surface area contributed by atoms with Crippen LogP contribution in [0.4, 0.5) is 5.69 Å². The summed E-state index contributed by atoms with van der Waals surface area (Å²) >= 11 is 0. The highest BCUT2D eigenvalue weighted by Gasteiger charge is 2.33. The summed E-state index contributed by atoms with van der Waals surface area (Å²) in [5.74, 6) is 0. The lowest BCUT2D eigenvalue weighted by molar-refractivity contribution is 0.166. The molecule has 1 aromatic carbocycles. The van der Waals surface area contributed by atoms with Gasteiger partial charge in [-0.2, -0.15) is 0 Å². The molecule has 1 aliphatic rings. The van der Waals surface area contributed by atoms with Crippen molar-refractivity contribution in [1.82, 2.24) is 0 Å². The Morgan fingerprint density at radius 2 is 1.89 bits per heavy atom. The molecule has 1 aromatic rings. The molecule has 0 fully saturated rings. The van der Waals surface area contributed by atoms with Crippen molar-refractivity contribution >= 4 is 25.5 Å². The Balaban J connectivity index is 2.46. The number of para-hydroxylation sites is 1. The summed E-state index contributed by atoms with van der Waals surface area (Å²) in [6, 6.07) is 6.56. The molecule has 0 aromatic heterocycles. The number of rotatable bonds is 3. The Labute approximate surface area is 112 Å². The lowest BCUT2D eigenvalue weighted by atomic mass is 10.0. The van der Waals surface area contributed by atoms with Crippen LogP contribution in [0.15, 0.2) is 24.3 Å². The number of fused-ring (bicyclic) bond motifs is 1. The van der Waals surface area contributed by atoms with Gasteiger partial charge >= 0.3 is 0 Å². The summed E-state index contributed by atoms with van der Waals surface area (Å²) in [7, 11) is -7.58. The number of nitrogens with zero attached hydrogens (tertiary/aromatic N) is 1. The van der Waals surface area contributed by atoms with Gasteiger partial charge in [0, 0.05) is 18.4 Å². The van der Waals surface area contributed by atoms with Gasteiger partial charge in [0.25, 0.3) is 0 Å². The molecule has 1 atom stereocenters. The molecule has 0 radical (unpaired) electrons. The van der Waals surface area contributed by atoms with Crippen LogP contribution in [0, 0.1) is 0 Å². The molecule has 1 N–H and O–H groups in total. The Bertz CT molecular complexity index is 681. The summed E-state index contributed by atoms with van der Waals surface area (Å²) in [6.45, 7) is 0.0794. The van der Waals surface area contributed by atoms with E-state index in [-0.39, 0.29) is 13.0 Å². The Morgan fingerprint density at radius 1 is 1.26 bits per heavy atom. The van der Waals surface area contributed by atoms with E-state index in [4.69, 9.17) is 0 Å². The van der Waals surface area contributed by atoms with Gasteiger partial charge in [-0.15, -0.1) is 0 Å². The zero-order valence-corrected chi connectivity index (χ0v) is 12.0. The molecular weight excluding hydrogens is 290 g/mol. The number of sulfonamides is 1. The van der Waals surface area contributed by atoms with E-state index in [0.29, 0.717) is 11.3 Å². The molecule has 106 valence electrons. The van der Waals surface area contributed by atoms with Crippen molar-refractivity contribution in [1.29, 1.82) is 0 Å². The summed E-state index contributed by atoms with van der Waals surface area (Å²) < 4.78 is 47.8. The first-order valence-corrected chi connectivity index (χ1v) is 9.33. The number of benzene rings is 1. The molecule has 0 saturated heterocycles. The normalized spacial score (nSPS) is 20.1. The number of sulfone groups is 1. The minimum atomic E-state index is -3.94. The smallest absolute Gasteiger partial charge is 0.249 e. The van der Waals surface area contributed by atoms with E-state index in [9.17, 15) is 21.9 Å². The molecule has 1 aliphatic heterocycles. The van der Waals surface area contributed by atoms with E-state index in [1.807, 2.05) is 0 Å². The predicted octanol–water partition coefficient (Wildman–Crippen LogP) is 0.262. The van der Waals surface area contributed by atoms with Crippen molar-refractivity contribution in [2.75, 3.05) is 22.2 Å². The second-order valence-electron chi connectivity index (χ2n) is 4.59. The summed E-state index contributed by atoms with van der Waals surface area (Å²) in [5, 5.41) is 8.91. The molecule has 0 amide bonds. The maximum absolute atomic E-state index is 12.1. The van der Waals surface area contributed by atoms with Crippen LogP contribution < -0.4 is 4.31 Å². The molecule has 19 heavy (non-hydrogen) atoms. The zero-order valence-electron chi connectivity index (χ0n) is 10.4. The van der Waals surface area contributed by atoms with E-state index in [1.165, 1.54) is 0 Å². The molecule has 0 spiro atoms. The average molecular weight is 305 g/mol. The lowest BCUT2D eigenvalue weighted by Crippen LogP contribution is -2.39. The average Bonchev–Trinajstić information content (AvgIpc) is 2.26. The third-order valence-corrected chi connectivity index (χ3v) is 6.82.